The Morgan fingerprint density at radius 3 is 2.12 bits per heavy atom. The van der Waals surface area contributed by atoms with Crippen LogP contribution in [0.4, 0.5) is 13.2 Å². The van der Waals surface area contributed by atoms with E-state index in [0.29, 0.717) is 0 Å². The number of halogens is 3. The molecule has 1 rings (SSSR count). The molecule has 17 heavy (non-hydrogen) atoms. The van der Waals surface area contributed by atoms with Crippen LogP contribution in [-0.4, -0.2) is 22.2 Å². The van der Waals surface area contributed by atoms with Crippen LogP contribution in [0.25, 0.3) is 0 Å². The van der Waals surface area contributed by atoms with E-state index in [9.17, 15) is 22.8 Å². The van der Waals surface area contributed by atoms with E-state index in [1.807, 2.05) is 0 Å². The first-order valence-electron chi connectivity index (χ1n) is 4.16. The third-order valence-electron chi connectivity index (χ3n) is 2.00. The Hall–Kier alpha value is -2.09. The van der Waals surface area contributed by atoms with E-state index in [4.69, 9.17) is 15.9 Å². The summed E-state index contributed by atoms with van der Waals surface area (Å²) in [6.07, 6.45) is 0. The summed E-state index contributed by atoms with van der Waals surface area (Å²) in [7, 11) is 0. The summed E-state index contributed by atoms with van der Waals surface area (Å²) in [5.74, 6) is -9.08. The van der Waals surface area contributed by atoms with Crippen molar-refractivity contribution < 1.29 is 33.0 Å². The molecule has 0 spiro atoms. The highest BCUT2D eigenvalue weighted by Crippen LogP contribution is 2.24. The molecular formula is C9H6F3NO4. The zero-order chi connectivity index (χ0) is 13.3. The molecule has 8 heteroatoms. The summed E-state index contributed by atoms with van der Waals surface area (Å²) >= 11 is 0. The van der Waals surface area contributed by atoms with Gasteiger partial charge >= 0.3 is 11.9 Å². The van der Waals surface area contributed by atoms with Gasteiger partial charge in [0.15, 0.2) is 11.6 Å². The molecule has 0 bridgehead atoms. The van der Waals surface area contributed by atoms with Crippen molar-refractivity contribution in [3.63, 3.8) is 0 Å². The number of benzene rings is 1. The van der Waals surface area contributed by atoms with E-state index in [-0.39, 0.29) is 6.07 Å². The highest BCUT2D eigenvalue weighted by molar-refractivity contribution is 5.88. The summed E-state index contributed by atoms with van der Waals surface area (Å²) in [6, 6.07) is -1.73. The average Bonchev–Trinajstić information content (AvgIpc) is 2.21. The first-order chi connectivity index (χ1) is 7.77. The Labute approximate surface area is 92.3 Å². The molecule has 1 aromatic rings. The van der Waals surface area contributed by atoms with E-state index in [0.717, 1.165) is 0 Å². The van der Waals surface area contributed by atoms with Gasteiger partial charge in [0.1, 0.15) is 17.4 Å². The number of aromatic carboxylic acids is 1. The zero-order valence-electron chi connectivity index (χ0n) is 8.08. The first-order valence-corrected chi connectivity index (χ1v) is 4.16. The van der Waals surface area contributed by atoms with Crippen molar-refractivity contribution in [3.8, 4) is 0 Å². The molecule has 0 fully saturated rings. The van der Waals surface area contributed by atoms with Gasteiger partial charge in [-0.25, -0.2) is 18.0 Å². The molecule has 0 aliphatic carbocycles. The topological polar surface area (TPSA) is 101 Å². The third-order valence-corrected chi connectivity index (χ3v) is 2.00. The molecule has 5 nitrogen and oxygen atoms in total. The van der Waals surface area contributed by atoms with Gasteiger partial charge in [0.05, 0.1) is 0 Å². The van der Waals surface area contributed by atoms with E-state index in [1.54, 1.807) is 0 Å². The number of hydrogen-bond donors (Lipinski definition) is 3. The molecule has 1 unspecified atom stereocenters. The first kappa shape index (κ1) is 13.0. The second-order valence-electron chi connectivity index (χ2n) is 3.07. The van der Waals surface area contributed by atoms with Gasteiger partial charge in [-0.2, -0.15) is 0 Å². The van der Waals surface area contributed by atoms with Crippen molar-refractivity contribution >= 4 is 11.9 Å². The Bertz CT molecular complexity index is 504. The Morgan fingerprint density at radius 2 is 1.71 bits per heavy atom. The lowest BCUT2D eigenvalue weighted by molar-refractivity contribution is -0.138. The number of aliphatic carboxylic acids is 1. The average molecular weight is 249 g/mol. The van der Waals surface area contributed by atoms with E-state index < -0.39 is 46.6 Å². The van der Waals surface area contributed by atoms with Crippen molar-refractivity contribution in [2.45, 2.75) is 6.04 Å². The molecule has 92 valence electrons. The van der Waals surface area contributed by atoms with Gasteiger partial charge in [0.2, 0.25) is 0 Å². The Kier molecular flexibility index (Phi) is 3.37. The van der Waals surface area contributed by atoms with Crippen molar-refractivity contribution in [1.29, 1.82) is 0 Å². The predicted octanol–water partition coefficient (Wildman–Crippen LogP) is 0.887. The molecule has 0 saturated carbocycles. The van der Waals surface area contributed by atoms with Gasteiger partial charge in [-0.15, -0.1) is 0 Å². The lowest BCUT2D eigenvalue weighted by atomic mass is 10.0. The molecule has 1 atom stereocenters. The van der Waals surface area contributed by atoms with Crippen LogP contribution in [0.2, 0.25) is 0 Å². The van der Waals surface area contributed by atoms with Gasteiger partial charge in [-0.1, -0.05) is 0 Å². The smallest absolute Gasteiger partial charge is 0.341 e. The van der Waals surface area contributed by atoms with Crippen LogP contribution in [0, 0.1) is 17.5 Å². The Balaban J connectivity index is 3.49. The fraction of sp³-hybridized carbons (Fsp3) is 0.111. The zero-order valence-corrected chi connectivity index (χ0v) is 8.08. The van der Waals surface area contributed by atoms with Gasteiger partial charge < -0.3 is 15.9 Å². The van der Waals surface area contributed by atoms with Gasteiger partial charge in [0, 0.05) is 5.56 Å². The molecule has 1 aromatic carbocycles. The van der Waals surface area contributed by atoms with Crippen LogP contribution >= 0.6 is 0 Å². The maximum absolute atomic E-state index is 13.3. The summed E-state index contributed by atoms with van der Waals surface area (Å²) in [6.45, 7) is 0. The minimum atomic E-state index is -2.01. The minimum absolute atomic E-state index is 0.251. The predicted molar refractivity (Wildman–Crippen MR) is 47.8 cm³/mol. The monoisotopic (exact) mass is 249 g/mol. The van der Waals surface area contributed by atoms with Gasteiger partial charge in [-0.05, 0) is 6.07 Å². The van der Waals surface area contributed by atoms with Crippen LogP contribution in [0.1, 0.15) is 22.0 Å². The largest absolute Gasteiger partial charge is 0.480 e. The highest BCUT2D eigenvalue weighted by atomic mass is 19.2. The normalized spacial score (nSPS) is 12.2. The summed E-state index contributed by atoms with van der Waals surface area (Å²) in [5.41, 5.74) is 2.53. The molecule has 0 heterocycles. The van der Waals surface area contributed by atoms with Gasteiger partial charge in [-0.3, -0.25) is 4.79 Å². The fourth-order valence-electron chi connectivity index (χ4n) is 1.17. The fourth-order valence-corrected chi connectivity index (χ4v) is 1.17. The van der Waals surface area contributed by atoms with Crippen molar-refractivity contribution in [2.75, 3.05) is 0 Å². The summed E-state index contributed by atoms with van der Waals surface area (Å²) in [5, 5.41) is 16.9. The lowest BCUT2D eigenvalue weighted by Crippen LogP contribution is -2.23. The van der Waals surface area contributed by atoms with Crippen molar-refractivity contribution in [3.05, 3.63) is 34.6 Å². The highest BCUT2D eigenvalue weighted by Gasteiger charge is 2.28. The van der Waals surface area contributed by atoms with Crippen LogP contribution in [0.15, 0.2) is 6.07 Å². The van der Waals surface area contributed by atoms with E-state index in [2.05, 4.69) is 0 Å². The van der Waals surface area contributed by atoms with Crippen molar-refractivity contribution in [2.24, 2.45) is 5.73 Å². The van der Waals surface area contributed by atoms with E-state index >= 15 is 0 Å². The summed E-state index contributed by atoms with van der Waals surface area (Å²) in [4.78, 5) is 20.9. The number of nitrogens with two attached hydrogens (primary N) is 1. The molecule has 0 amide bonds. The van der Waals surface area contributed by atoms with Crippen LogP contribution in [0.5, 0.6) is 0 Å². The van der Waals surface area contributed by atoms with Crippen LogP contribution in [0.3, 0.4) is 0 Å². The number of hydrogen-bond acceptors (Lipinski definition) is 3. The molecule has 0 saturated heterocycles. The second-order valence-corrected chi connectivity index (χ2v) is 3.07. The quantitative estimate of drug-likeness (QED) is 0.690. The number of carboxylic acids is 2. The molecule has 0 aliphatic rings. The van der Waals surface area contributed by atoms with Crippen molar-refractivity contribution in [1.82, 2.24) is 0 Å². The summed E-state index contributed by atoms with van der Waals surface area (Å²) < 4.78 is 39.5. The number of carboxylic acid groups (broad SMARTS) is 2. The standard InChI is InChI=1S/C9H6F3NO4/c10-3-1-2(7(13)9(16)17)5(11)6(12)4(3)8(14)15/h1,7H,13H2,(H,14,15)(H,16,17). The van der Waals surface area contributed by atoms with Gasteiger partial charge in [0.25, 0.3) is 0 Å². The molecular weight excluding hydrogens is 243 g/mol. The number of carbonyl (C=O) groups is 2. The van der Waals surface area contributed by atoms with Crippen LogP contribution in [-0.2, 0) is 4.79 Å². The Morgan fingerprint density at radius 1 is 1.18 bits per heavy atom. The molecule has 0 aromatic heterocycles. The second kappa shape index (κ2) is 4.42. The van der Waals surface area contributed by atoms with E-state index in [1.165, 1.54) is 0 Å². The minimum Gasteiger partial charge on any atom is -0.480 e. The third kappa shape index (κ3) is 2.21. The van der Waals surface area contributed by atoms with Crippen LogP contribution < -0.4 is 5.73 Å². The SMILES string of the molecule is NC(C(=O)O)c1cc(F)c(C(=O)O)c(F)c1F. The maximum atomic E-state index is 13.3. The molecule has 0 aliphatic heterocycles. The molecule has 4 N–H and O–H groups in total. The molecule has 0 radical (unpaired) electrons. The number of rotatable bonds is 3. The maximum Gasteiger partial charge on any atom is 0.341 e. The lowest BCUT2D eigenvalue weighted by Gasteiger charge is -2.10.